The summed E-state index contributed by atoms with van der Waals surface area (Å²) in [7, 11) is 0. The van der Waals surface area contributed by atoms with Gasteiger partial charge in [-0.15, -0.1) is 0 Å². The van der Waals surface area contributed by atoms with Crippen LogP contribution in [0.1, 0.15) is 15.9 Å². The van der Waals surface area contributed by atoms with Gasteiger partial charge in [-0.25, -0.2) is 0 Å². The van der Waals surface area contributed by atoms with E-state index in [2.05, 4.69) is 5.32 Å². The van der Waals surface area contributed by atoms with Gasteiger partial charge in [-0.05, 0) is 36.8 Å². The van der Waals surface area contributed by atoms with E-state index in [0.717, 1.165) is 11.3 Å². The average Bonchev–Trinajstić information content (AvgIpc) is 2.35. The number of aryl methyl sites for hydroxylation is 1. The molecule has 3 N–H and O–H groups in total. The maximum atomic E-state index is 12.1. The SMILES string of the molecule is Cc1cccc(NC(=O)c2cc(N)c(Cl)c(Cl)c2)c1. The van der Waals surface area contributed by atoms with Gasteiger partial charge in [-0.3, -0.25) is 4.79 Å². The van der Waals surface area contributed by atoms with Crippen LogP contribution in [0, 0.1) is 6.92 Å². The third-order valence-corrected chi connectivity index (χ3v) is 3.41. The quantitative estimate of drug-likeness (QED) is 0.818. The smallest absolute Gasteiger partial charge is 0.255 e. The summed E-state index contributed by atoms with van der Waals surface area (Å²) in [6.45, 7) is 1.95. The molecule has 0 atom stereocenters. The Morgan fingerprint density at radius 1 is 1.21 bits per heavy atom. The van der Waals surface area contributed by atoms with Crippen LogP contribution in [0.2, 0.25) is 10.0 Å². The number of nitrogens with two attached hydrogens (primary N) is 1. The molecule has 0 aliphatic rings. The zero-order valence-electron chi connectivity index (χ0n) is 10.2. The first kappa shape index (κ1) is 13.7. The van der Waals surface area contributed by atoms with Gasteiger partial charge in [0.1, 0.15) is 0 Å². The third-order valence-electron chi connectivity index (χ3n) is 2.59. The summed E-state index contributed by atoms with van der Waals surface area (Å²) in [5.74, 6) is -0.282. The molecule has 0 saturated carbocycles. The van der Waals surface area contributed by atoms with Crippen LogP contribution in [0.5, 0.6) is 0 Å². The average molecular weight is 295 g/mol. The first-order chi connectivity index (χ1) is 8.97. The number of carbonyl (C=O) groups is 1. The second-order valence-corrected chi connectivity index (χ2v) is 4.97. The van der Waals surface area contributed by atoms with Gasteiger partial charge >= 0.3 is 0 Å². The molecule has 0 spiro atoms. The van der Waals surface area contributed by atoms with E-state index in [4.69, 9.17) is 28.9 Å². The lowest BCUT2D eigenvalue weighted by molar-refractivity contribution is 0.102. The molecule has 2 aromatic rings. The van der Waals surface area contributed by atoms with Crippen molar-refractivity contribution in [3.05, 3.63) is 57.6 Å². The number of anilines is 2. The Hall–Kier alpha value is -1.71. The molecule has 0 aromatic heterocycles. The highest BCUT2D eigenvalue weighted by Crippen LogP contribution is 2.29. The Kier molecular flexibility index (Phi) is 3.98. The number of nitrogens with one attached hydrogen (secondary N) is 1. The van der Waals surface area contributed by atoms with Crippen molar-refractivity contribution < 1.29 is 4.79 Å². The van der Waals surface area contributed by atoms with E-state index >= 15 is 0 Å². The van der Waals surface area contributed by atoms with Crippen molar-refractivity contribution in [1.29, 1.82) is 0 Å². The molecule has 0 fully saturated rings. The molecule has 98 valence electrons. The Labute approximate surface area is 121 Å². The fourth-order valence-electron chi connectivity index (χ4n) is 1.67. The van der Waals surface area contributed by atoms with Crippen molar-refractivity contribution in [2.45, 2.75) is 6.92 Å². The van der Waals surface area contributed by atoms with Crippen molar-refractivity contribution in [1.82, 2.24) is 0 Å². The molecular formula is C14H12Cl2N2O. The van der Waals surface area contributed by atoms with Gasteiger partial charge in [0.15, 0.2) is 0 Å². The first-order valence-corrected chi connectivity index (χ1v) is 6.35. The lowest BCUT2D eigenvalue weighted by atomic mass is 10.1. The molecular weight excluding hydrogens is 283 g/mol. The normalized spacial score (nSPS) is 10.3. The molecule has 0 heterocycles. The molecule has 0 unspecified atom stereocenters. The van der Waals surface area contributed by atoms with E-state index in [1.54, 1.807) is 0 Å². The van der Waals surface area contributed by atoms with Crippen molar-refractivity contribution in [2.75, 3.05) is 11.1 Å². The molecule has 2 rings (SSSR count). The van der Waals surface area contributed by atoms with Crippen LogP contribution in [-0.4, -0.2) is 5.91 Å². The second-order valence-electron chi connectivity index (χ2n) is 4.18. The van der Waals surface area contributed by atoms with Crippen LogP contribution in [0.25, 0.3) is 0 Å². The number of hydrogen-bond acceptors (Lipinski definition) is 2. The van der Waals surface area contributed by atoms with E-state index in [-0.39, 0.29) is 21.6 Å². The maximum absolute atomic E-state index is 12.1. The lowest BCUT2D eigenvalue weighted by Gasteiger charge is -2.08. The highest BCUT2D eigenvalue weighted by molar-refractivity contribution is 6.44. The van der Waals surface area contributed by atoms with Gasteiger partial charge in [-0.2, -0.15) is 0 Å². The minimum Gasteiger partial charge on any atom is -0.397 e. The predicted octanol–water partition coefficient (Wildman–Crippen LogP) is 4.14. The zero-order chi connectivity index (χ0) is 14.0. The predicted molar refractivity (Wildman–Crippen MR) is 80.0 cm³/mol. The van der Waals surface area contributed by atoms with E-state index in [0.29, 0.717) is 5.56 Å². The summed E-state index contributed by atoms with van der Waals surface area (Å²) in [5.41, 5.74) is 8.11. The lowest BCUT2D eigenvalue weighted by Crippen LogP contribution is -2.12. The van der Waals surface area contributed by atoms with Crippen molar-refractivity contribution in [2.24, 2.45) is 0 Å². The van der Waals surface area contributed by atoms with Crippen molar-refractivity contribution in [3.8, 4) is 0 Å². The van der Waals surface area contributed by atoms with E-state index < -0.39 is 0 Å². The summed E-state index contributed by atoms with van der Waals surface area (Å²) in [6.07, 6.45) is 0. The Morgan fingerprint density at radius 3 is 2.58 bits per heavy atom. The van der Waals surface area contributed by atoms with Crippen LogP contribution in [0.15, 0.2) is 36.4 Å². The molecule has 0 bridgehead atoms. The highest BCUT2D eigenvalue weighted by Gasteiger charge is 2.11. The standard InChI is InChI=1S/C14H12Cl2N2O/c1-8-3-2-4-10(5-8)18-14(19)9-6-11(15)13(16)12(17)7-9/h2-7H,17H2,1H3,(H,18,19). The van der Waals surface area contributed by atoms with Crippen molar-refractivity contribution >= 4 is 40.5 Å². The molecule has 3 nitrogen and oxygen atoms in total. The molecule has 19 heavy (non-hydrogen) atoms. The van der Waals surface area contributed by atoms with E-state index in [9.17, 15) is 4.79 Å². The summed E-state index contributed by atoms with van der Waals surface area (Å²) in [6, 6.07) is 10.5. The molecule has 5 heteroatoms. The monoisotopic (exact) mass is 294 g/mol. The molecule has 0 aliphatic carbocycles. The Balaban J connectivity index is 2.25. The number of halogens is 2. The highest BCUT2D eigenvalue weighted by atomic mass is 35.5. The van der Waals surface area contributed by atoms with E-state index in [1.807, 2.05) is 31.2 Å². The Bertz CT molecular complexity index is 618. The van der Waals surface area contributed by atoms with Crippen LogP contribution in [0.4, 0.5) is 11.4 Å². The number of hydrogen-bond donors (Lipinski definition) is 2. The molecule has 1 amide bonds. The fourth-order valence-corrected chi connectivity index (χ4v) is 2.00. The number of nitrogen functional groups attached to an aromatic ring is 1. The topological polar surface area (TPSA) is 55.1 Å². The Morgan fingerprint density at radius 2 is 1.95 bits per heavy atom. The van der Waals surface area contributed by atoms with Crippen LogP contribution in [-0.2, 0) is 0 Å². The third kappa shape index (κ3) is 3.19. The summed E-state index contributed by atoms with van der Waals surface area (Å²) < 4.78 is 0. The van der Waals surface area contributed by atoms with Gasteiger partial charge in [0.25, 0.3) is 5.91 Å². The number of rotatable bonds is 2. The van der Waals surface area contributed by atoms with Crippen LogP contribution in [0.3, 0.4) is 0 Å². The molecule has 0 saturated heterocycles. The maximum Gasteiger partial charge on any atom is 0.255 e. The van der Waals surface area contributed by atoms with E-state index in [1.165, 1.54) is 12.1 Å². The van der Waals surface area contributed by atoms with Crippen molar-refractivity contribution in [3.63, 3.8) is 0 Å². The van der Waals surface area contributed by atoms with Gasteiger partial charge in [-0.1, -0.05) is 35.3 Å². The summed E-state index contributed by atoms with van der Waals surface area (Å²) >= 11 is 11.7. The van der Waals surface area contributed by atoms with Gasteiger partial charge < -0.3 is 11.1 Å². The minimum atomic E-state index is -0.282. The van der Waals surface area contributed by atoms with Crippen LogP contribution < -0.4 is 11.1 Å². The first-order valence-electron chi connectivity index (χ1n) is 5.60. The minimum absolute atomic E-state index is 0.258. The fraction of sp³-hybridized carbons (Fsp3) is 0.0714. The largest absolute Gasteiger partial charge is 0.397 e. The van der Waals surface area contributed by atoms with Gasteiger partial charge in [0.05, 0.1) is 15.7 Å². The summed E-state index contributed by atoms with van der Waals surface area (Å²) in [4.78, 5) is 12.1. The number of amides is 1. The van der Waals surface area contributed by atoms with Crippen LogP contribution >= 0.6 is 23.2 Å². The molecule has 2 aromatic carbocycles. The molecule has 0 aliphatic heterocycles. The summed E-state index contributed by atoms with van der Waals surface area (Å²) in [5, 5.41) is 3.30. The molecule has 0 radical (unpaired) electrons. The number of carbonyl (C=O) groups excluding carboxylic acids is 1. The van der Waals surface area contributed by atoms with Gasteiger partial charge in [0.2, 0.25) is 0 Å². The zero-order valence-corrected chi connectivity index (χ0v) is 11.7. The number of benzene rings is 2. The van der Waals surface area contributed by atoms with Gasteiger partial charge in [0, 0.05) is 11.3 Å². The second kappa shape index (κ2) is 5.51.